The number of hydrogen-bond donors (Lipinski definition) is 1. The van der Waals surface area contributed by atoms with Crippen LogP contribution in [-0.4, -0.2) is 17.0 Å². The van der Waals surface area contributed by atoms with Crippen molar-refractivity contribution in [1.29, 1.82) is 0 Å². The monoisotopic (exact) mass is 321 g/mol. The molecule has 1 N–H and O–H groups in total. The average Bonchev–Trinajstić information content (AvgIpc) is 2.36. The number of benzene rings is 1. The summed E-state index contributed by atoms with van der Waals surface area (Å²) in [5.41, 5.74) is 4.52. The van der Waals surface area contributed by atoms with E-state index in [9.17, 15) is 4.21 Å². The largest absolute Gasteiger partial charge is 0.242 e. The van der Waals surface area contributed by atoms with Crippen molar-refractivity contribution >= 4 is 19.1 Å². The van der Waals surface area contributed by atoms with E-state index in [2.05, 4.69) is 48.0 Å². The fourth-order valence-electron chi connectivity index (χ4n) is 1.64. The first-order valence-corrected chi connectivity index (χ1v) is 12.0. The van der Waals surface area contributed by atoms with Gasteiger partial charge in [-0.25, -0.2) is 8.93 Å². The van der Waals surface area contributed by atoms with Gasteiger partial charge in [-0.3, -0.25) is 0 Å². The molecule has 1 rings (SSSR count). The zero-order chi connectivity index (χ0) is 16.1. The smallest absolute Gasteiger partial charge is 0.129 e. The highest BCUT2D eigenvalue weighted by Crippen LogP contribution is 2.20. The Hall–Kier alpha value is -0.893. The predicted molar refractivity (Wildman–Crippen MR) is 96.0 cm³/mol. The van der Waals surface area contributed by atoms with E-state index in [1.165, 1.54) is 0 Å². The second kappa shape index (κ2) is 7.39. The van der Waals surface area contributed by atoms with Crippen LogP contribution >= 0.6 is 0 Å². The van der Waals surface area contributed by atoms with Gasteiger partial charge in [0.1, 0.15) is 8.07 Å². The summed E-state index contributed by atoms with van der Waals surface area (Å²) in [5.74, 6) is 3.30. The van der Waals surface area contributed by atoms with Gasteiger partial charge >= 0.3 is 0 Å². The van der Waals surface area contributed by atoms with Gasteiger partial charge in [-0.15, -0.1) is 11.5 Å². The quantitative estimate of drug-likeness (QED) is 0.658. The SMILES string of the molecule is CC(C)(C)[S@@](=O)N[C@H](CC#C[Si](C)(C)C)c1ccccc1. The Labute approximate surface area is 133 Å². The summed E-state index contributed by atoms with van der Waals surface area (Å²) in [6.07, 6.45) is 0.691. The molecule has 2 atom stereocenters. The lowest BCUT2D eigenvalue weighted by Gasteiger charge is -2.23. The maximum atomic E-state index is 12.4. The first-order chi connectivity index (χ1) is 9.59. The van der Waals surface area contributed by atoms with E-state index in [1.807, 2.05) is 39.0 Å². The van der Waals surface area contributed by atoms with Crippen LogP contribution in [-0.2, 0) is 11.0 Å². The normalized spacial score (nSPS) is 15.0. The lowest BCUT2D eigenvalue weighted by molar-refractivity contribution is 0.604. The molecule has 0 amide bonds. The fourth-order valence-corrected chi connectivity index (χ4v) is 3.10. The van der Waals surface area contributed by atoms with Gasteiger partial charge in [-0.2, -0.15) is 0 Å². The third-order valence-corrected chi connectivity index (χ3v) is 5.31. The van der Waals surface area contributed by atoms with Crippen LogP contribution in [0.25, 0.3) is 0 Å². The highest BCUT2D eigenvalue weighted by atomic mass is 32.2. The van der Waals surface area contributed by atoms with Crippen LogP contribution in [0.2, 0.25) is 19.6 Å². The molecule has 0 bridgehead atoms. The van der Waals surface area contributed by atoms with Crippen molar-refractivity contribution < 1.29 is 4.21 Å². The van der Waals surface area contributed by atoms with E-state index in [0.29, 0.717) is 6.42 Å². The van der Waals surface area contributed by atoms with E-state index < -0.39 is 19.1 Å². The van der Waals surface area contributed by atoms with Gasteiger partial charge in [0, 0.05) is 6.42 Å². The summed E-state index contributed by atoms with van der Waals surface area (Å²) in [6.45, 7) is 12.6. The van der Waals surface area contributed by atoms with Crippen molar-refractivity contribution in [2.24, 2.45) is 0 Å². The third kappa shape index (κ3) is 7.08. The zero-order valence-electron chi connectivity index (χ0n) is 14.0. The van der Waals surface area contributed by atoms with Crippen LogP contribution < -0.4 is 4.72 Å². The molecule has 0 fully saturated rings. The van der Waals surface area contributed by atoms with Crippen LogP contribution in [0.1, 0.15) is 38.8 Å². The molecule has 0 aromatic heterocycles. The molecule has 0 saturated heterocycles. The van der Waals surface area contributed by atoms with Crippen molar-refractivity contribution in [1.82, 2.24) is 4.72 Å². The van der Waals surface area contributed by atoms with Gasteiger partial charge in [0.15, 0.2) is 0 Å². The van der Waals surface area contributed by atoms with Crippen molar-refractivity contribution in [3.63, 3.8) is 0 Å². The molecular formula is C17H27NOSSi. The van der Waals surface area contributed by atoms with Crippen molar-refractivity contribution in [2.75, 3.05) is 0 Å². The lowest BCUT2D eigenvalue weighted by atomic mass is 10.1. The van der Waals surface area contributed by atoms with Crippen molar-refractivity contribution in [2.45, 2.75) is 57.6 Å². The fraction of sp³-hybridized carbons (Fsp3) is 0.529. The molecule has 4 heteroatoms. The summed E-state index contributed by atoms with van der Waals surface area (Å²) < 4.78 is 15.3. The Morgan fingerprint density at radius 3 is 2.24 bits per heavy atom. The minimum absolute atomic E-state index is 0.00936. The molecule has 21 heavy (non-hydrogen) atoms. The summed E-state index contributed by atoms with van der Waals surface area (Å²) in [6, 6.07) is 10.2. The van der Waals surface area contributed by atoms with Crippen molar-refractivity contribution in [3.05, 3.63) is 35.9 Å². The van der Waals surface area contributed by atoms with E-state index in [-0.39, 0.29) is 10.8 Å². The standard InChI is InChI=1S/C17H27NOSSi/c1-17(2,3)20(19)18-16(13-10-14-21(4,5)6)15-11-8-7-9-12-15/h7-9,11-12,16,18H,13H2,1-6H3/t16-,20-/m1/s1. The summed E-state index contributed by atoms with van der Waals surface area (Å²) in [4.78, 5) is 0. The Kier molecular flexibility index (Phi) is 6.39. The summed E-state index contributed by atoms with van der Waals surface area (Å²) >= 11 is 0. The van der Waals surface area contributed by atoms with Crippen LogP contribution in [0.3, 0.4) is 0 Å². The average molecular weight is 322 g/mol. The summed E-state index contributed by atoms with van der Waals surface area (Å²) in [5, 5.41) is 0. The summed E-state index contributed by atoms with van der Waals surface area (Å²) in [7, 11) is -2.47. The van der Waals surface area contributed by atoms with E-state index in [1.54, 1.807) is 0 Å². The second-order valence-corrected chi connectivity index (χ2v) is 14.0. The minimum atomic E-state index is -1.37. The van der Waals surface area contributed by atoms with Crippen LogP contribution in [0.15, 0.2) is 30.3 Å². The third-order valence-electron chi connectivity index (χ3n) is 2.78. The van der Waals surface area contributed by atoms with Gasteiger partial charge < -0.3 is 0 Å². The minimum Gasteiger partial charge on any atom is -0.242 e. The van der Waals surface area contributed by atoms with E-state index in [4.69, 9.17) is 0 Å². The molecule has 116 valence electrons. The molecule has 0 spiro atoms. The molecule has 0 aliphatic carbocycles. The molecular weight excluding hydrogens is 294 g/mol. The van der Waals surface area contributed by atoms with Gasteiger partial charge in [-0.1, -0.05) is 50.0 Å². The first kappa shape index (κ1) is 18.2. The predicted octanol–water partition coefficient (Wildman–Crippen LogP) is 4.05. The van der Waals surface area contributed by atoms with Gasteiger partial charge in [0.2, 0.25) is 0 Å². The maximum absolute atomic E-state index is 12.4. The second-order valence-electron chi connectivity index (χ2n) is 7.22. The van der Waals surface area contributed by atoms with Crippen molar-refractivity contribution in [3.8, 4) is 11.5 Å². The van der Waals surface area contributed by atoms with Gasteiger partial charge in [0.25, 0.3) is 0 Å². The van der Waals surface area contributed by atoms with E-state index in [0.717, 1.165) is 5.56 Å². The van der Waals surface area contributed by atoms with Gasteiger partial charge in [-0.05, 0) is 26.3 Å². The Morgan fingerprint density at radius 1 is 1.19 bits per heavy atom. The van der Waals surface area contributed by atoms with E-state index >= 15 is 0 Å². The molecule has 0 saturated carbocycles. The molecule has 0 aliphatic rings. The Balaban J connectivity index is 2.91. The molecule has 0 aliphatic heterocycles. The zero-order valence-corrected chi connectivity index (χ0v) is 15.8. The Bertz CT molecular complexity index is 532. The molecule has 0 radical (unpaired) electrons. The molecule has 2 nitrogen and oxygen atoms in total. The number of rotatable bonds is 4. The topological polar surface area (TPSA) is 29.1 Å². The van der Waals surface area contributed by atoms with Crippen LogP contribution in [0.5, 0.6) is 0 Å². The highest BCUT2D eigenvalue weighted by Gasteiger charge is 2.23. The lowest BCUT2D eigenvalue weighted by Crippen LogP contribution is -2.35. The van der Waals surface area contributed by atoms with Gasteiger partial charge in [0.05, 0.1) is 21.8 Å². The highest BCUT2D eigenvalue weighted by molar-refractivity contribution is 7.84. The molecule has 0 unspecified atom stereocenters. The molecule has 1 aromatic carbocycles. The number of hydrogen-bond acceptors (Lipinski definition) is 1. The Morgan fingerprint density at radius 2 is 1.76 bits per heavy atom. The number of nitrogens with one attached hydrogen (secondary N) is 1. The first-order valence-electron chi connectivity index (χ1n) is 7.32. The maximum Gasteiger partial charge on any atom is 0.129 e. The molecule has 0 heterocycles. The van der Waals surface area contributed by atoms with Crippen LogP contribution in [0.4, 0.5) is 0 Å². The molecule has 1 aromatic rings. The van der Waals surface area contributed by atoms with Crippen LogP contribution in [0, 0.1) is 11.5 Å².